The number of azo groups is 1. The molecule has 22 heavy (non-hydrogen) atoms. The molecule has 0 amide bonds. The topological polar surface area (TPSA) is 34.0 Å². The Balaban J connectivity index is 2.27. The van der Waals surface area contributed by atoms with Crippen molar-refractivity contribution in [3.63, 3.8) is 0 Å². The Hall–Kier alpha value is -2.08. The van der Waals surface area contributed by atoms with Crippen molar-refractivity contribution in [2.24, 2.45) is 10.2 Å². The molecular formula is C15H12ClF3N2O. The SMILES string of the molecule is CN=NC(c1ccc(Cl)cc1)c1ccc(OC(F)(F)F)cc1. The molecule has 3 nitrogen and oxygen atoms in total. The average molecular weight is 329 g/mol. The summed E-state index contributed by atoms with van der Waals surface area (Å²) in [6.45, 7) is 0. The Bertz CT molecular complexity index is 639. The van der Waals surface area contributed by atoms with Gasteiger partial charge in [0.05, 0.1) is 0 Å². The average Bonchev–Trinajstić information content (AvgIpc) is 2.45. The first-order chi connectivity index (χ1) is 10.4. The van der Waals surface area contributed by atoms with E-state index in [1.807, 2.05) is 0 Å². The van der Waals surface area contributed by atoms with Crippen molar-refractivity contribution in [1.82, 2.24) is 0 Å². The maximum Gasteiger partial charge on any atom is 0.573 e. The zero-order valence-corrected chi connectivity index (χ0v) is 12.3. The lowest BCUT2D eigenvalue weighted by molar-refractivity contribution is -0.274. The largest absolute Gasteiger partial charge is 0.573 e. The Morgan fingerprint density at radius 3 is 1.91 bits per heavy atom. The van der Waals surface area contributed by atoms with E-state index in [0.717, 1.165) is 5.56 Å². The Morgan fingerprint density at radius 2 is 1.45 bits per heavy atom. The fraction of sp³-hybridized carbons (Fsp3) is 0.200. The van der Waals surface area contributed by atoms with Crippen molar-refractivity contribution in [3.8, 4) is 5.75 Å². The zero-order chi connectivity index (χ0) is 16.2. The Labute approximate surface area is 130 Å². The van der Waals surface area contributed by atoms with Crippen molar-refractivity contribution in [1.29, 1.82) is 0 Å². The second-order valence-corrected chi connectivity index (χ2v) is 4.82. The third-order valence-corrected chi connectivity index (χ3v) is 3.10. The highest BCUT2D eigenvalue weighted by atomic mass is 35.5. The van der Waals surface area contributed by atoms with E-state index >= 15 is 0 Å². The lowest BCUT2D eigenvalue weighted by Gasteiger charge is -2.14. The third-order valence-electron chi connectivity index (χ3n) is 2.85. The van der Waals surface area contributed by atoms with Gasteiger partial charge in [-0.2, -0.15) is 10.2 Å². The highest BCUT2D eigenvalue weighted by molar-refractivity contribution is 6.30. The molecular weight excluding hydrogens is 317 g/mol. The van der Waals surface area contributed by atoms with Crippen LogP contribution in [0.2, 0.25) is 5.02 Å². The molecule has 2 aromatic carbocycles. The van der Waals surface area contributed by atoms with Crippen LogP contribution in [0.5, 0.6) is 5.75 Å². The maximum atomic E-state index is 12.2. The monoisotopic (exact) mass is 328 g/mol. The minimum atomic E-state index is -4.71. The van der Waals surface area contributed by atoms with Gasteiger partial charge in [0.1, 0.15) is 11.8 Å². The van der Waals surface area contributed by atoms with Gasteiger partial charge in [-0.05, 0) is 35.4 Å². The molecule has 1 unspecified atom stereocenters. The van der Waals surface area contributed by atoms with E-state index in [-0.39, 0.29) is 5.75 Å². The van der Waals surface area contributed by atoms with Gasteiger partial charge in [0, 0.05) is 12.1 Å². The van der Waals surface area contributed by atoms with Gasteiger partial charge >= 0.3 is 6.36 Å². The van der Waals surface area contributed by atoms with Gasteiger partial charge in [-0.1, -0.05) is 35.9 Å². The maximum absolute atomic E-state index is 12.2. The van der Waals surface area contributed by atoms with E-state index in [4.69, 9.17) is 11.6 Å². The van der Waals surface area contributed by atoms with E-state index in [9.17, 15) is 13.2 Å². The fourth-order valence-electron chi connectivity index (χ4n) is 1.94. The summed E-state index contributed by atoms with van der Waals surface area (Å²) in [5.74, 6) is -0.278. The van der Waals surface area contributed by atoms with Crippen LogP contribution in [0.3, 0.4) is 0 Å². The number of nitrogens with zero attached hydrogens (tertiary/aromatic N) is 2. The van der Waals surface area contributed by atoms with Gasteiger partial charge in [-0.25, -0.2) is 0 Å². The van der Waals surface area contributed by atoms with Gasteiger partial charge in [0.25, 0.3) is 0 Å². The number of hydrogen-bond donors (Lipinski definition) is 0. The minimum Gasteiger partial charge on any atom is -0.406 e. The fourth-order valence-corrected chi connectivity index (χ4v) is 2.06. The summed E-state index contributed by atoms with van der Waals surface area (Å²) in [7, 11) is 1.53. The van der Waals surface area contributed by atoms with Crippen LogP contribution in [0.1, 0.15) is 17.2 Å². The Morgan fingerprint density at radius 1 is 0.955 bits per heavy atom. The van der Waals surface area contributed by atoms with Crippen molar-refractivity contribution < 1.29 is 17.9 Å². The summed E-state index contributed by atoms with van der Waals surface area (Å²) in [4.78, 5) is 0. The smallest absolute Gasteiger partial charge is 0.406 e. The molecule has 0 spiro atoms. The van der Waals surface area contributed by atoms with Crippen LogP contribution in [0, 0.1) is 0 Å². The summed E-state index contributed by atoms with van der Waals surface area (Å²) in [6.07, 6.45) is -4.71. The van der Waals surface area contributed by atoms with Crippen LogP contribution >= 0.6 is 11.6 Å². The molecule has 0 radical (unpaired) electrons. The first-order valence-corrected chi connectivity index (χ1v) is 6.67. The predicted molar refractivity (Wildman–Crippen MR) is 77.2 cm³/mol. The molecule has 0 heterocycles. The molecule has 0 N–H and O–H groups in total. The van der Waals surface area contributed by atoms with E-state index in [1.165, 1.54) is 31.3 Å². The van der Waals surface area contributed by atoms with Crippen LogP contribution in [0.4, 0.5) is 13.2 Å². The van der Waals surface area contributed by atoms with E-state index < -0.39 is 12.4 Å². The molecule has 2 aromatic rings. The molecule has 0 aliphatic rings. The molecule has 0 bridgehead atoms. The number of rotatable bonds is 4. The van der Waals surface area contributed by atoms with Crippen LogP contribution in [-0.2, 0) is 0 Å². The molecule has 0 aliphatic carbocycles. The van der Waals surface area contributed by atoms with Crippen LogP contribution in [0.25, 0.3) is 0 Å². The van der Waals surface area contributed by atoms with Gasteiger partial charge in [-0.3, -0.25) is 0 Å². The summed E-state index contributed by atoms with van der Waals surface area (Å²) < 4.78 is 40.3. The van der Waals surface area contributed by atoms with E-state index in [0.29, 0.717) is 10.6 Å². The van der Waals surface area contributed by atoms with Crippen molar-refractivity contribution in [3.05, 3.63) is 64.7 Å². The highest BCUT2D eigenvalue weighted by Gasteiger charge is 2.31. The van der Waals surface area contributed by atoms with Crippen molar-refractivity contribution in [2.45, 2.75) is 12.4 Å². The number of alkyl halides is 3. The molecule has 0 aliphatic heterocycles. The van der Waals surface area contributed by atoms with Crippen LogP contribution in [-0.4, -0.2) is 13.4 Å². The van der Waals surface area contributed by atoms with Gasteiger partial charge in [0.15, 0.2) is 0 Å². The standard InChI is InChI=1S/C15H12ClF3N2O/c1-20-21-14(10-2-6-12(16)7-3-10)11-4-8-13(9-5-11)22-15(17,18)19/h2-9,14H,1H3. The normalized spacial score (nSPS) is 13.3. The predicted octanol–water partition coefficient (Wildman–Crippen LogP) is 5.41. The number of hydrogen-bond acceptors (Lipinski definition) is 3. The third kappa shape index (κ3) is 4.46. The summed E-state index contributed by atoms with van der Waals surface area (Å²) >= 11 is 5.84. The minimum absolute atomic E-state index is 0.278. The van der Waals surface area contributed by atoms with Crippen LogP contribution < -0.4 is 4.74 Å². The van der Waals surface area contributed by atoms with Crippen molar-refractivity contribution in [2.75, 3.05) is 7.05 Å². The second-order valence-electron chi connectivity index (χ2n) is 4.39. The Kier molecular flexibility index (Phi) is 5.03. The molecule has 116 valence electrons. The number of ether oxygens (including phenoxy) is 1. The first kappa shape index (κ1) is 16.3. The molecule has 2 rings (SSSR count). The molecule has 0 saturated carbocycles. The molecule has 0 fully saturated rings. The molecule has 1 atom stereocenters. The molecule has 7 heteroatoms. The summed E-state index contributed by atoms with van der Waals surface area (Å²) in [5, 5.41) is 8.48. The summed E-state index contributed by atoms with van der Waals surface area (Å²) in [6, 6.07) is 12.1. The van der Waals surface area contributed by atoms with E-state index in [2.05, 4.69) is 15.0 Å². The lowest BCUT2D eigenvalue weighted by Crippen LogP contribution is -2.17. The number of benzene rings is 2. The zero-order valence-electron chi connectivity index (χ0n) is 11.5. The lowest BCUT2D eigenvalue weighted by atomic mass is 9.99. The van der Waals surface area contributed by atoms with Gasteiger partial charge in [-0.15, -0.1) is 13.2 Å². The number of halogens is 4. The van der Waals surface area contributed by atoms with E-state index in [1.54, 1.807) is 24.3 Å². The first-order valence-electron chi connectivity index (χ1n) is 6.29. The van der Waals surface area contributed by atoms with Gasteiger partial charge in [0.2, 0.25) is 0 Å². The second kappa shape index (κ2) is 6.79. The molecule has 0 saturated heterocycles. The van der Waals surface area contributed by atoms with Gasteiger partial charge < -0.3 is 4.74 Å². The quantitative estimate of drug-likeness (QED) is 0.691. The van der Waals surface area contributed by atoms with Crippen molar-refractivity contribution >= 4 is 11.6 Å². The highest BCUT2D eigenvalue weighted by Crippen LogP contribution is 2.30. The summed E-state index contributed by atoms with van der Waals surface area (Å²) in [5.41, 5.74) is 1.53. The molecule has 0 aromatic heterocycles. The van der Waals surface area contributed by atoms with Crippen LogP contribution in [0.15, 0.2) is 58.8 Å².